The third-order valence-corrected chi connectivity index (χ3v) is 6.83. The van der Waals surface area contributed by atoms with Crippen LogP contribution >= 0.6 is 23.2 Å². The minimum Gasteiger partial charge on any atom is -0.497 e. The highest BCUT2D eigenvalue weighted by molar-refractivity contribution is 6.35. The lowest BCUT2D eigenvalue weighted by Gasteiger charge is -2.30. The molecule has 0 spiro atoms. The van der Waals surface area contributed by atoms with Crippen molar-refractivity contribution in [2.75, 3.05) is 25.7 Å². The summed E-state index contributed by atoms with van der Waals surface area (Å²) in [5.41, 5.74) is 1.21. The van der Waals surface area contributed by atoms with E-state index >= 15 is 0 Å². The Kier molecular flexibility index (Phi) is 5.98. The summed E-state index contributed by atoms with van der Waals surface area (Å²) < 4.78 is 15.4. The zero-order valence-corrected chi connectivity index (χ0v) is 20.9. The second kappa shape index (κ2) is 8.98. The Labute approximate surface area is 210 Å². The van der Waals surface area contributed by atoms with E-state index in [0.717, 1.165) is 12.1 Å². The first kappa shape index (κ1) is 23.3. The number of hydrogen-bond acceptors (Lipinski definition) is 6. The standard InChI is InChI=1S/C24H23Cl2N5O4/c1-28-21-20(22(32)31(24(28)33)13-14-5-6-15(25)11-17(14)26)30-10-4-9-29(23(30)27-21)18-8-7-16(34-2)12-19(18)35-3/h5-8,11-12H,4,9-10,13H2,1-3H3. The lowest BCUT2D eigenvalue weighted by molar-refractivity contribution is 0.394. The van der Waals surface area contributed by atoms with Gasteiger partial charge in [0.1, 0.15) is 11.5 Å². The maximum Gasteiger partial charge on any atom is 0.332 e. The minimum atomic E-state index is -0.474. The molecular weight excluding hydrogens is 493 g/mol. The first-order chi connectivity index (χ1) is 16.8. The van der Waals surface area contributed by atoms with E-state index in [1.54, 1.807) is 45.5 Å². The molecule has 9 nitrogen and oxygen atoms in total. The summed E-state index contributed by atoms with van der Waals surface area (Å²) in [6.45, 7) is 1.29. The third kappa shape index (κ3) is 3.84. The van der Waals surface area contributed by atoms with Crippen LogP contribution in [0.1, 0.15) is 12.0 Å². The van der Waals surface area contributed by atoms with Crippen molar-refractivity contribution in [1.29, 1.82) is 0 Å². The molecule has 0 bridgehead atoms. The Hall–Kier alpha value is -3.43. The monoisotopic (exact) mass is 515 g/mol. The molecule has 0 radical (unpaired) electrons. The van der Waals surface area contributed by atoms with Gasteiger partial charge in [0.25, 0.3) is 5.56 Å². The third-order valence-electron chi connectivity index (χ3n) is 6.24. The largest absolute Gasteiger partial charge is 0.497 e. The van der Waals surface area contributed by atoms with Crippen LogP contribution in [0.15, 0.2) is 46.0 Å². The van der Waals surface area contributed by atoms with Crippen LogP contribution in [-0.4, -0.2) is 39.4 Å². The molecule has 2 aromatic carbocycles. The fraction of sp³-hybridized carbons (Fsp3) is 0.292. The smallest absolute Gasteiger partial charge is 0.332 e. The van der Waals surface area contributed by atoms with Gasteiger partial charge in [0.05, 0.1) is 26.5 Å². The van der Waals surface area contributed by atoms with Gasteiger partial charge in [0.15, 0.2) is 11.2 Å². The molecule has 0 unspecified atom stereocenters. The van der Waals surface area contributed by atoms with Gasteiger partial charge in [0.2, 0.25) is 5.95 Å². The molecule has 5 rings (SSSR count). The molecule has 1 aliphatic heterocycles. The summed E-state index contributed by atoms with van der Waals surface area (Å²) in [7, 11) is 4.80. The van der Waals surface area contributed by atoms with E-state index in [1.807, 2.05) is 21.6 Å². The molecule has 0 fully saturated rings. The average Bonchev–Trinajstić information content (AvgIpc) is 3.26. The summed E-state index contributed by atoms with van der Waals surface area (Å²) in [5.74, 6) is 1.86. The highest BCUT2D eigenvalue weighted by Gasteiger charge is 2.28. The molecule has 0 N–H and O–H groups in total. The molecule has 0 aliphatic carbocycles. The predicted octanol–water partition coefficient (Wildman–Crippen LogP) is 3.81. The summed E-state index contributed by atoms with van der Waals surface area (Å²) in [6, 6.07) is 10.5. The predicted molar refractivity (Wildman–Crippen MR) is 136 cm³/mol. The van der Waals surface area contributed by atoms with Crippen LogP contribution in [0.4, 0.5) is 11.6 Å². The van der Waals surface area contributed by atoms with Crippen molar-refractivity contribution in [3.8, 4) is 11.5 Å². The fourth-order valence-electron chi connectivity index (χ4n) is 4.46. The number of rotatable bonds is 5. The highest BCUT2D eigenvalue weighted by atomic mass is 35.5. The highest BCUT2D eigenvalue weighted by Crippen LogP contribution is 2.38. The zero-order valence-electron chi connectivity index (χ0n) is 19.4. The molecule has 182 valence electrons. The van der Waals surface area contributed by atoms with Gasteiger partial charge in [0, 0.05) is 36.2 Å². The number of anilines is 2. The number of nitrogens with zero attached hydrogens (tertiary/aromatic N) is 5. The van der Waals surface area contributed by atoms with Gasteiger partial charge < -0.3 is 18.9 Å². The number of imidazole rings is 1. The first-order valence-corrected chi connectivity index (χ1v) is 11.7. The van der Waals surface area contributed by atoms with Crippen LogP contribution in [0.3, 0.4) is 0 Å². The Balaban J connectivity index is 1.68. The van der Waals surface area contributed by atoms with Crippen LogP contribution in [0.2, 0.25) is 10.0 Å². The zero-order chi connectivity index (χ0) is 24.9. The Morgan fingerprint density at radius 2 is 1.83 bits per heavy atom. The van der Waals surface area contributed by atoms with E-state index in [1.165, 1.54) is 9.13 Å². The molecule has 1 aliphatic rings. The molecule has 4 aromatic rings. The Morgan fingerprint density at radius 1 is 1.03 bits per heavy atom. The molecule has 2 aromatic heterocycles. The number of halogens is 2. The fourth-order valence-corrected chi connectivity index (χ4v) is 4.93. The average molecular weight is 516 g/mol. The van der Waals surface area contributed by atoms with Gasteiger partial charge in [-0.2, -0.15) is 4.98 Å². The molecule has 3 heterocycles. The van der Waals surface area contributed by atoms with Gasteiger partial charge in [-0.3, -0.25) is 13.9 Å². The van der Waals surface area contributed by atoms with Crippen LogP contribution in [0.25, 0.3) is 11.2 Å². The van der Waals surface area contributed by atoms with Crippen molar-refractivity contribution in [2.45, 2.75) is 19.5 Å². The molecule has 35 heavy (non-hydrogen) atoms. The summed E-state index contributed by atoms with van der Waals surface area (Å²) in [5, 5.41) is 0.869. The first-order valence-electron chi connectivity index (χ1n) is 11.0. The molecule has 0 amide bonds. The number of hydrogen-bond donors (Lipinski definition) is 0. The van der Waals surface area contributed by atoms with Gasteiger partial charge in [-0.1, -0.05) is 29.3 Å². The Bertz CT molecular complexity index is 1570. The normalized spacial score (nSPS) is 13.2. The van der Waals surface area contributed by atoms with Crippen LogP contribution in [0.5, 0.6) is 11.5 Å². The number of fused-ring (bicyclic) bond motifs is 3. The summed E-state index contributed by atoms with van der Waals surface area (Å²) in [4.78, 5) is 33.5. The minimum absolute atomic E-state index is 0.0218. The van der Waals surface area contributed by atoms with Gasteiger partial charge in [-0.15, -0.1) is 0 Å². The van der Waals surface area contributed by atoms with E-state index in [-0.39, 0.29) is 6.54 Å². The van der Waals surface area contributed by atoms with Crippen molar-refractivity contribution in [3.63, 3.8) is 0 Å². The van der Waals surface area contributed by atoms with Gasteiger partial charge in [-0.05, 0) is 36.2 Å². The number of ether oxygens (including phenoxy) is 2. The van der Waals surface area contributed by atoms with Crippen molar-refractivity contribution in [1.82, 2.24) is 18.7 Å². The van der Waals surface area contributed by atoms with E-state index in [9.17, 15) is 9.59 Å². The second-order valence-corrected chi connectivity index (χ2v) is 9.09. The van der Waals surface area contributed by atoms with E-state index in [0.29, 0.717) is 57.3 Å². The van der Waals surface area contributed by atoms with Crippen molar-refractivity contribution >= 4 is 46.0 Å². The quantitative estimate of drug-likeness (QED) is 0.401. The van der Waals surface area contributed by atoms with Gasteiger partial charge in [-0.25, -0.2) is 4.79 Å². The lowest BCUT2D eigenvalue weighted by atomic mass is 10.2. The molecule has 0 saturated heterocycles. The summed E-state index contributed by atoms with van der Waals surface area (Å²) >= 11 is 12.3. The molecule has 0 saturated carbocycles. The van der Waals surface area contributed by atoms with Crippen LogP contribution in [0, 0.1) is 0 Å². The van der Waals surface area contributed by atoms with Crippen molar-refractivity contribution in [3.05, 3.63) is 72.8 Å². The molecule has 11 heteroatoms. The number of benzene rings is 2. The van der Waals surface area contributed by atoms with E-state index in [4.69, 9.17) is 37.7 Å². The topological polar surface area (TPSA) is 83.5 Å². The van der Waals surface area contributed by atoms with Crippen molar-refractivity contribution in [2.24, 2.45) is 7.05 Å². The van der Waals surface area contributed by atoms with E-state index in [2.05, 4.69) is 0 Å². The number of aromatic nitrogens is 4. The maximum atomic E-state index is 13.6. The number of aryl methyl sites for hydroxylation is 2. The van der Waals surface area contributed by atoms with Crippen molar-refractivity contribution < 1.29 is 9.47 Å². The molecule has 0 atom stereocenters. The van der Waals surface area contributed by atoms with E-state index < -0.39 is 11.2 Å². The SMILES string of the molecule is COc1ccc(N2CCCn3c2nc2c3c(=O)n(Cc3ccc(Cl)cc3Cl)c(=O)n2C)c(OC)c1. The van der Waals surface area contributed by atoms with Gasteiger partial charge >= 0.3 is 5.69 Å². The number of methoxy groups -OCH3 is 2. The second-order valence-electron chi connectivity index (χ2n) is 8.25. The van der Waals surface area contributed by atoms with Crippen LogP contribution < -0.4 is 25.6 Å². The summed E-state index contributed by atoms with van der Waals surface area (Å²) in [6.07, 6.45) is 0.777. The Morgan fingerprint density at radius 3 is 2.54 bits per heavy atom. The maximum absolute atomic E-state index is 13.6. The molecular formula is C24H23Cl2N5O4. The van der Waals surface area contributed by atoms with Crippen LogP contribution in [-0.2, 0) is 20.1 Å². The lowest BCUT2D eigenvalue weighted by Crippen LogP contribution is -2.40.